The molecule has 1 aliphatic rings. The van der Waals surface area contributed by atoms with Crippen LogP contribution in [0.5, 0.6) is 5.75 Å². The van der Waals surface area contributed by atoms with Crippen molar-refractivity contribution < 1.29 is 112 Å². The van der Waals surface area contributed by atoms with Crippen molar-refractivity contribution in [3.63, 3.8) is 0 Å². The lowest BCUT2D eigenvalue weighted by Gasteiger charge is -2.31. The number of nitrogens with one attached hydrogen (secondary N) is 18. The lowest BCUT2D eigenvalue weighted by atomic mass is 10.0. The SMILES string of the molecule is CC(C)C[C@H](NC(=O)[C@H](CO)NC(=O)[C@H](CCC(N)=O)NC(=O)[C@H](CS)NC(=O)[C@@H](N)CC(C)C)C(=O)NCC(=O)N[C@@H](Cc1ccccc1)C(=O)N[C@H](C(=O)N[C@@H](Cc1ccc(O)cc1)C(=O)N1CCC[C@H]1C(=O)NCC(=O)N[C@@H](Cc1c[nH]c2ccccc12)C(=O)N[C@@H](CC(C)C)C(=O)N[C@@H](C)C(=O)NCC(=O)N[C@@H](Cc1c[nH]c2ccccc12)C(=O)N[C@@H](CS)C(=O)N[C@@H](C)C(=O)O)[C@@H](C)O. The van der Waals surface area contributed by atoms with Gasteiger partial charge in [0, 0.05) is 84.4 Å². The molecule has 139 heavy (non-hydrogen) atoms. The van der Waals surface area contributed by atoms with Crippen LogP contribution in [-0.4, -0.2) is 289 Å². The summed E-state index contributed by atoms with van der Waals surface area (Å²) in [6, 6.07) is 6.21. The van der Waals surface area contributed by atoms with Crippen molar-refractivity contribution in [2.24, 2.45) is 29.2 Å². The number of likely N-dealkylation sites (tertiary alicyclic amines) is 1. The number of aromatic amines is 2. The summed E-state index contributed by atoms with van der Waals surface area (Å²) in [5.41, 5.74) is 14.7. The zero-order chi connectivity index (χ0) is 103. The fourth-order valence-corrected chi connectivity index (χ4v) is 15.7. The third kappa shape index (κ3) is 35.7. The van der Waals surface area contributed by atoms with Gasteiger partial charge in [-0.05, 0) is 124 Å². The molecule has 46 heteroatoms. The number of phenols is 1. The lowest BCUT2D eigenvalue weighted by molar-refractivity contribution is -0.142. The number of nitrogens with zero attached hydrogens (tertiary/aromatic N) is 1. The Bertz CT molecular complexity index is 5310. The van der Waals surface area contributed by atoms with Gasteiger partial charge in [-0.25, -0.2) is 0 Å². The van der Waals surface area contributed by atoms with Crippen LogP contribution in [-0.2, 0) is 117 Å². The molecular formula is C93H129N21O23S2. The molecule has 2 aromatic heterocycles. The van der Waals surface area contributed by atoms with Crippen molar-refractivity contribution in [2.75, 3.05) is 44.3 Å². The van der Waals surface area contributed by atoms with Crippen LogP contribution in [0.3, 0.4) is 0 Å². The predicted molar refractivity (Wildman–Crippen MR) is 515 cm³/mol. The Morgan fingerprint density at radius 3 is 1.33 bits per heavy atom. The number of aliphatic hydroxyl groups is 2. The van der Waals surface area contributed by atoms with Gasteiger partial charge < -0.3 is 132 Å². The molecule has 0 bridgehead atoms. The third-order valence-electron chi connectivity index (χ3n) is 22.6. The van der Waals surface area contributed by atoms with Crippen LogP contribution in [0.2, 0.25) is 0 Å². The van der Waals surface area contributed by atoms with Crippen molar-refractivity contribution in [1.29, 1.82) is 0 Å². The number of aromatic hydroxyl groups is 1. The number of thiol groups is 2. The quantitative estimate of drug-likeness (QED) is 0.0164. The Morgan fingerprint density at radius 1 is 0.424 bits per heavy atom. The minimum atomic E-state index is -1.89. The Kier molecular flexibility index (Phi) is 44.4. The Morgan fingerprint density at radius 2 is 0.827 bits per heavy atom. The number of fused-ring (bicyclic) bond motifs is 2. The Hall–Kier alpha value is -13.7. The molecule has 6 aromatic rings. The second-order valence-electron chi connectivity index (χ2n) is 35.4. The molecule has 26 N–H and O–H groups in total. The molecule has 0 unspecified atom stereocenters. The summed E-state index contributed by atoms with van der Waals surface area (Å²) in [6.45, 7) is 10.8. The molecule has 0 aliphatic carbocycles. The molecule has 1 fully saturated rings. The molecule has 44 nitrogen and oxygen atoms in total. The number of rotatable bonds is 55. The van der Waals surface area contributed by atoms with Gasteiger partial charge in [-0.15, -0.1) is 0 Å². The average Bonchev–Trinajstić information content (AvgIpc) is 1.81. The highest BCUT2D eigenvalue weighted by molar-refractivity contribution is 7.80. The number of para-hydroxylation sites is 2. The van der Waals surface area contributed by atoms with E-state index in [1.807, 2.05) is 13.8 Å². The standard InChI is InChI=1S/C93H129N21O23S2/c1-47(2)32-60(94)80(123)111-72(46-139)89(132)106-63(29-30-74(95)118)82(125)110-70(44-115)87(130)107-64(33-48(3)4)81(124)99-42-76(120)103-66(35-53-18-11-10-12-19-53)86(129)113-78(52(9)116)91(134)109-69(36-54-25-27-57(117)28-26-54)92(135)114-31-17-24-73(114)90(133)100-43-77(121)104-67(37-55-39-96-61-22-15-13-20-58(55)61)84(127)108-65(34-49(5)6)83(126)101-50(7)79(122)98-41-75(119)105-68(38-56-40-97-62-23-16-14-21-59(56)62)85(128)112-71(45-138)88(131)102-51(8)93(136)137/h10-16,18-23,25-28,39-40,47-52,60,63-73,78,96-97,115-117,138-139H,17,24,29-38,41-46,94H2,1-9H3,(H2,95,118)(H,98,122)(H,99,124)(H,100,133)(H,101,126)(H,102,131)(H,103,120)(H,104,121)(H,105,119)(H,106,132)(H,107,130)(H,108,127)(H,109,134)(H,110,125)(H,111,123)(H,112,128)(H,113,129)(H,136,137)/t50-,51-,52+,60-,63-,64-,65-,66-,67-,68-,69-,70-,71-,72-,73-,78-/m0/s1. The number of amides is 18. The summed E-state index contributed by atoms with van der Waals surface area (Å²) in [5.74, 6) is -19.1. The topological polar surface area (TPSA) is 685 Å². The molecule has 3 heterocycles. The van der Waals surface area contributed by atoms with E-state index < -0.39 is 248 Å². The fraction of sp³-hybridized carbons (Fsp3) is 0.495. The molecule has 1 saturated heterocycles. The van der Waals surface area contributed by atoms with Crippen molar-refractivity contribution in [1.82, 2.24) is 99.9 Å². The number of carbonyl (C=O) groups is 19. The molecule has 756 valence electrons. The Balaban J connectivity index is 1.00. The number of aliphatic hydroxyl groups excluding tert-OH is 2. The van der Waals surface area contributed by atoms with Crippen LogP contribution in [0.15, 0.2) is 116 Å². The van der Waals surface area contributed by atoms with E-state index >= 15 is 4.79 Å². The van der Waals surface area contributed by atoms with E-state index in [0.717, 1.165) is 6.92 Å². The number of hydrogen-bond acceptors (Lipinski definition) is 25. The number of hydrogen-bond donors (Lipinski definition) is 26. The first-order valence-corrected chi connectivity index (χ1v) is 46.9. The first-order valence-electron chi connectivity index (χ1n) is 45.6. The van der Waals surface area contributed by atoms with Crippen molar-refractivity contribution in [3.8, 4) is 5.75 Å². The predicted octanol–water partition coefficient (Wildman–Crippen LogP) is -3.64. The fourth-order valence-electron chi connectivity index (χ4n) is 15.2. The molecule has 0 spiro atoms. The highest BCUT2D eigenvalue weighted by Gasteiger charge is 2.42. The van der Waals surface area contributed by atoms with Gasteiger partial charge in [0.05, 0.1) is 38.4 Å². The number of H-pyrrole nitrogens is 2. The summed E-state index contributed by atoms with van der Waals surface area (Å²) in [6.07, 6.45) is 0.234. The summed E-state index contributed by atoms with van der Waals surface area (Å²) in [4.78, 5) is 270. The maximum Gasteiger partial charge on any atom is 0.325 e. The zero-order valence-electron chi connectivity index (χ0n) is 78.7. The normalized spacial score (nSPS) is 15.6. The number of aromatic nitrogens is 2. The van der Waals surface area contributed by atoms with Crippen LogP contribution in [0, 0.1) is 17.8 Å². The molecule has 1 aliphatic heterocycles. The number of carbonyl (C=O) groups excluding carboxylic acids is 18. The number of carboxylic acid groups (broad SMARTS) is 1. The molecule has 16 atom stereocenters. The van der Waals surface area contributed by atoms with Gasteiger partial charge in [0.25, 0.3) is 0 Å². The van der Waals surface area contributed by atoms with Crippen LogP contribution in [0.25, 0.3) is 21.8 Å². The van der Waals surface area contributed by atoms with Crippen molar-refractivity contribution in [2.45, 2.75) is 230 Å². The second-order valence-corrected chi connectivity index (χ2v) is 36.1. The third-order valence-corrected chi connectivity index (χ3v) is 23.3. The Labute approximate surface area is 813 Å². The lowest BCUT2D eigenvalue weighted by Crippen LogP contribution is -2.61. The summed E-state index contributed by atoms with van der Waals surface area (Å²) in [7, 11) is 0. The number of nitrogens with two attached hydrogens (primary N) is 2. The maximum absolute atomic E-state index is 15.1. The van der Waals surface area contributed by atoms with E-state index in [0.29, 0.717) is 44.1 Å². The molecular weight excluding hydrogens is 1840 g/mol. The highest BCUT2D eigenvalue weighted by atomic mass is 32.1. The average molecular weight is 1970 g/mol. The first-order chi connectivity index (χ1) is 65.9. The number of primary amides is 1. The largest absolute Gasteiger partial charge is 0.508 e. The van der Waals surface area contributed by atoms with Crippen LogP contribution in [0.1, 0.15) is 130 Å². The molecule has 7 rings (SSSR count). The van der Waals surface area contributed by atoms with Gasteiger partial charge >= 0.3 is 5.97 Å². The number of phenolic OH excluding ortho intramolecular Hbond substituents is 1. The summed E-state index contributed by atoms with van der Waals surface area (Å²) >= 11 is 8.34. The number of benzene rings is 4. The molecule has 0 radical (unpaired) electrons. The monoisotopic (exact) mass is 1970 g/mol. The minimum Gasteiger partial charge on any atom is -0.508 e. The van der Waals surface area contributed by atoms with Crippen molar-refractivity contribution >= 4 is 159 Å². The zero-order valence-corrected chi connectivity index (χ0v) is 80.5. The smallest absolute Gasteiger partial charge is 0.325 e. The summed E-state index contributed by atoms with van der Waals surface area (Å²) in [5, 5.41) is 82.7. The number of aliphatic carboxylic acids is 1. The van der Waals surface area contributed by atoms with Gasteiger partial charge in [-0.1, -0.05) is 120 Å². The maximum atomic E-state index is 15.1. The van der Waals surface area contributed by atoms with E-state index in [4.69, 9.17) is 11.5 Å². The van der Waals surface area contributed by atoms with Gasteiger partial charge in [0.1, 0.15) is 90.3 Å². The first kappa shape index (κ1) is 112. The van der Waals surface area contributed by atoms with Crippen LogP contribution in [0.4, 0.5) is 0 Å². The van der Waals surface area contributed by atoms with E-state index in [1.165, 1.54) is 43.0 Å². The van der Waals surface area contributed by atoms with Crippen molar-refractivity contribution in [3.05, 3.63) is 138 Å². The van der Waals surface area contributed by atoms with E-state index in [9.17, 15) is 107 Å². The van der Waals surface area contributed by atoms with E-state index in [2.05, 4.69) is 120 Å². The van der Waals surface area contributed by atoms with Gasteiger partial charge in [0.15, 0.2) is 0 Å². The summed E-state index contributed by atoms with van der Waals surface area (Å²) < 4.78 is 0. The molecule has 0 saturated carbocycles. The molecule has 4 aromatic carbocycles. The number of carboxylic acids is 1. The van der Waals surface area contributed by atoms with Gasteiger partial charge in [0.2, 0.25) is 106 Å². The van der Waals surface area contributed by atoms with Gasteiger partial charge in [-0.3, -0.25) is 91.1 Å². The van der Waals surface area contributed by atoms with Gasteiger partial charge in [-0.2, -0.15) is 25.3 Å². The van der Waals surface area contributed by atoms with E-state index in [1.54, 1.807) is 119 Å². The minimum absolute atomic E-state index is 0.0114. The second kappa shape index (κ2) is 55.0. The van der Waals surface area contributed by atoms with Crippen LogP contribution < -0.4 is 96.5 Å². The highest BCUT2D eigenvalue weighted by Crippen LogP contribution is 2.25. The van der Waals surface area contributed by atoms with E-state index in [-0.39, 0.29) is 99.3 Å². The van der Waals surface area contributed by atoms with Crippen LogP contribution >= 0.6 is 25.3 Å². The molecule has 18 amide bonds.